The number of hydrogen-bond acceptors (Lipinski definition) is 0. The first-order valence-electron chi connectivity index (χ1n) is 3.57. The Labute approximate surface area is 82.4 Å². The molecule has 0 saturated carbocycles. The summed E-state index contributed by atoms with van der Waals surface area (Å²) in [5.74, 6) is -0.455. The molecule has 0 aliphatic heterocycles. The van der Waals surface area contributed by atoms with Gasteiger partial charge in [0.2, 0.25) is 0 Å². The fourth-order valence-electron chi connectivity index (χ4n) is 0.537. The first-order chi connectivity index (χ1) is 5.54. The van der Waals surface area contributed by atoms with Crippen molar-refractivity contribution < 1.29 is 4.39 Å². The van der Waals surface area contributed by atoms with Gasteiger partial charge < -0.3 is 0 Å². The van der Waals surface area contributed by atoms with Crippen molar-refractivity contribution in [3.05, 3.63) is 34.1 Å². The fraction of sp³-hybridized carbons (Fsp3) is 0.333. The van der Waals surface area contributed by atoms with Crippen molar-refractivity contribution in [2.45, 2.75) is 20.3 Å². The third kappa shape index (κ3) is 3.00. The number of hydrogen-bond donors (Lipinski definition) is 0. The molecule has 0 aliphatic carbocycles. The van der Waals surface area contributed by atoms with E-state index in [9.17, 15) is 4.39 Å². The quantitative estimate of drug-likeness (QED) is 0.599. The summed E-state index contributed by atoms with van der Waals surface area (Å²) in [5.41, 5.74) is 0.583. The molecule has 0 saturated heterocycles. The van der Waals surface area contributed by atoms with Gasteiger partial charge in [0, 0.05) is 0 Å². The Morgan fingerprint density at radius 2 is 2.00 bits per heavy atom. The van der Waals surface area contributed by atoms with Gasteiger partial charge in [0.15, 0.2) is 0 Å². The van der Waals surface area contributed by atoms with Crippen LogP contribution in [0.4, 0.5) is 4.39 Å². The van der Waals surface area contributed by atoms with Gasteiger partial charge in [0.1, 0.15) is 5.83 Å². The van der Waals surface area contributed by atoms with Crippen LogP contribution in [0.1, 0.15) is 20.3 Å². The summed E-state index contributed by atoms with van der Waals surface area (Å²) in [5, 5.41) is 0.0768. The molecule has 68 valence electrons. The molecule has 0 atom stereocenters. The summed E-state index contributed by atoms with van der Waals surface area (Å²) in [7, 11) is 0. The minimum atomic E-state index is -0.455. The summed E-state index contributed by atoms with van der Waals surface area (Å²) >= 11 is 11.2. The second kappa shape index (κ2) is 5.39. The first-order valence-corrected chi connectivity index (χ1v) is 4.33. The highest BCUT2D eigenvalue weighted by atomic mass is 35.5. The summed E-state index contributed by atoms with van der Waals surface area (Å²) in [6.07, 6.45) is 1.93. The molecule has 0 fully saturated rings. The Kier molecular flexibility index (Phi) is 5.27. The molecular formula is C9H11Cl2F. The lowest BCUT2D eigenvalue weighted by molar-refractivity contribution is 0.643. The van der Waals surface area contributed by atoms with Crippen LogP contribution < -0.4 is 0 Å². The molecule has 12 heavy (non-hydrogen) atoms. The van der Waals surface area contributed by atoms with Crippen LogP contribution in [-0.4, -0.2) is 0 Å². The number of rotatable bonds is 3. The van der Waals surface area contributed by atoms with Crippen molar-refractivity contribution >= 4 is 23.2 Å². The van der Waals surface area contributed by atoms with E-state index in [1.54, 1.807) is 6.92 Å². The molecule has 0 nitrogen and oxygen atoms in total. The van der Waals surface area contributed by atoms with Gasteiger partial charge in [-0.15, -0.1) is 0 Å². The van der Waals surface area contributed by atoms with Crippen molar-refractivity contribution in [3.63, 3.8) is 0 Å². The maximum atomic E-state index is 13.2. The van der Waals surface area contributed by atoms with Gasteiger partial charge >= 0.3 is 0 Å². The zero-order valence-electron chi connectivity index (χ0n) is 7.13. The molecule has 0 aromatic carbocycles. The van der Waals surface area contributed by atoms with Gasteiger partial charge in [-0.2, -0.15) is 0 Å². The van der Waals surface area contributed by atoms with E-state index in [0.717, 1.165) is 0 Å². The van der Waals surface area contributed by atoms with Gasteiger partial charge in [0.25, 0.3) is 0 Å². The van der Waals surface area contributed by atoms with Crippen molar-refractivity contribution in [2.24, 2.45) is 0 Å². The first kappa shape index (κ1) is 11.7. The highest BCUT2D eigenvalue weighted by Gasteiger charge is 2.07. The highest BCUT2D eigenvalue weighted by molar-refractivity contribution is 6.41. The number of halogens is 3. The Morgan fingerprint density at radius 1 is 1.50 bits per heavy atom. The molecule has 0 aliphatic rings. The summed E-state index contributed by atoms with van der Waals surface area (Å²) in [6.45, 7) is 6.91. The van der Waals surface area contributed by atoms with E-state index in [4.69, 9.17) is 23.2 Å². The Hall–Kier alpha value is -0.270. The van der Waals surface area contributed by atoms with Crippen molar-refractivity contribution in [3.8, 4) is 0 Å². The molecule has 0 radical (unpaired) electrons. The lowest BCUT2D eigenvalue weighted by Crippen LogP contribution is -1.83. The predicted octanol–water partition coefficient (Wildman–Crippen LogP) is 4.52. The lowest BCUT2D eigenvalue weighted by atomic mass is 10.2. The lowest BCUT2D eigenvalue weighted by Gasteiger charge is -2.00. The Balaban J connectivity index is 4.94. The third-order valence-corrected chi connectivity index (χ3v) is 2.30. The van der Waals surface area contributed by atoms with Crippen LogP contribution in [-0.2, 0) is 0 Å². The molecule has 3 heteroatoms. The molecule has 0 aromatic heterocycles. The predicted molar refractivity (Wildman–Crippen MR) is 53.0 cm³/mol. The molecule has 0 bridgehead atoms. The van der Waals surface area contributed by atoms with Gasteiger partial charge in [-0.25, -0.2) is 4.39 Å². The smallest absolute Gasteiger partial charge is 0.142 e. The van der Waals surface area contributed by atoms with Crippen LogP contribution in [0.15, 0.2) is 34.1 Å². The fourth-order valence-corrected chi connectivity index (χ4v) is 0.858. The number of allylic oxidation sites excluding steroid dienone is 5. The SMILES string of the molecule is C=C/C(Cl)=C(Cl)\C(F)=C(/C)CC. The van der Waals surface area contributed by atoms with E-state index >= 15 is 0 Å². The standard InChI is InChI=1S/C9H11Cl2F/c1-4-6(3)9(12)8(11)7(10)5-2/h5H,2,4H2,1,3H3/b8-7-,9-6-. The molecule has 0 heterocycles. The van der Waals surface area contributed by atoms with Crippen LogP contribution >= 0.6 is 23.2 Å². The van der Waals surface area contributed by atoms with E-state index in [2.05, 4.69) is 6.58 Å². The minimum Gasteiger partial charge on any atom is -0.205 e. The largest absolute Gasteiger partial charge is 0.205 e. The molecule has 0 N–H and O–H groups in total. The maximum Gasteiger partial charge on any atom is 0.142 e. The summed E-state index contributed by atoms with van der Waals surface area (Å²) < 4.78 is 13.2. The van der Waals surface area contributed by atoms with Gasteiger partial charge in [-0.1, -0.05) is 36.7 Å². The highest BCUT2D eigenvalue weighted by Crippen LogP contribution is 2.27. The van der Waals surface area contributed by atoms with Crippen molar-refractivity contribution in [1.82, 2.24) is 0 Å². The average molecular weight is 209 g/mol. The van der Waals surface area contributed by atoms with Crippen LogP contribution in [0, 0.1) is 0 Å². The molecule has 0 spiro atoms. The zero-order valence-corrected chi connectivity index (χ0v) is 8.64. The van der Waals surface area contributed by atoms with E-state index in [1.165, 1.54) is 6.08 Å². The second-order valence-electron chi connectivity index (χ2n) is 2.31. The molecular weight excluding hydrogens is 198 g/mol. The topological polar surface area (TPSA) is 0 Å². The Morgan fingerprint density at radius 3 is 2.33 bits per heavy atom. The molecule has 0 unspecified atom stereocenters. The van der Waals surface area contributed by atoms with Gasteiger partial charge in [0.05, 0.1) is 10.1 Å². The summed E-state index contributed by atoms with van der Waals surface area (Å²) in [6, 6.07) is 0. The van der Waals surface area contributed by atoms with Crippen LogP contribution in [0.25, 0.3) is 0 Å². The minimum absolute atomic E-state index is 0.0639. The average Bonchev–Trinajstić information content (AvgIpc) is 2.12. The van der Waals surface area contributed by atoms with E-state index in [0.29, 0.717) is 12.0 Å². The van der Waals surface area contributed by atoms with Crippen molar-refractivity contribution in [1.29, 1.82) is 0 Å². The van der Waals surface area contributed by atoms with Gasteiger partial charge in [-0.05, 0) is 25.0 Å². The monoisotopic (exact) mass is 208 g/mol. The molecule has 0 amide bonds. The normalized spacial score (nSPS) is 15.1. The van der Waals surface area contributed by atoms with Crippen LogP contribution in [0.5, 0.6) is 0 Å². The maximum absolute atomic E-state index is 13.2. The molecule has 0 aromatic rings. The van der Waals surface area contributed by atoms with Crippen LogP contribution in [0.2, 0.25) is 0 Å². The van der Waals surface area contributed by atoms with E-state index < -0.39 is 5.83 Å². The van der Waals surface area contributed by atoms with Crippen LogP contribution in [0.3, 0.4) is 0 Å². The second-order valence-corrected chi connectivity index (χ2v) is 3.10. The van der Waals surface area contributed by atoms with E-state index in [-0.39, 0.29) is 10.1 Å². The van der Waals surface area contributed by atoms with Crippen molar-refractivity contribution in [2.75, 3.05) is 0 Å². The zero-order chi connectivity index (χ0) is 9.72. The third-order valence-electron chi connectivity index (χ3n) is 1.49. The van der Waals surface area contributed by atoms with E-state index in [1.807, 2.05) is 6.92 Å². The summed E-state index contributed by atoms with van der Waals surface area (Å²) in [4.78, 5) is 0. The Bertz CT molecular complexity index is 239. The van der Waals surface area contributed by atoms with Gasteiger partial charge in [-0.3, -0.25) is 0 Å². The molecule has 0 rings (SSSR count).